The summed E-state index contributed by atoms with van der Waals surface area (Å²) in [5.41, 5.74) is 5.92. The molecule has 0 spiro atoms. The molecule has 3 N–H and O–H groups in total. The van der Waals surface area contributed by atoms with E-state index in [4.69, 9.17) is 5.73 Å². The van der Waals surface area contributed by atoms with Crippen molar-refractivity contribution in [2.24, 2.45) is 0 Å². The van der Waals surface area contributed by atoms with Gasteiger partial charge in [0.2, 0.25) is 10.0 Å². The van der Waals surface area contributed by atoms with Gasteiger partial charge in [-0.25, -0.2) is 12.7 Å². The Morgan fingerprint density at radius 2 is 2.05 bits per heavy atom. The van der Waals surface area contributed by atoms with E-state index in [1.54, 1.807) is 0 Å². The van der Waals surface area contributed by atoms with E-state index in [0.29, 0.717) is 5.69 Å². The van der Waals surface area contributed by atoms with E-state index in [2.05, 4.69) is 5.32 Å². The summed E-state index contributed by atoms with van der Waals surface area (Å²) in [6.45, 7) is 0.192. The molecule has 0 aromatic heterocycles. The third kappa shape index (κ3) is 4.07. The molecule has 0 radical (unpaired) electrons. The van der Waals surface area contributed by atoms with Gasteiger partial charge >= 0.3 is 0 Å². The number of nitrogens with two attached hydrogens (primary N) is 1. The van der Waals surface area contributed by atoms with Gasteiger partial charge in [0.15, 0.2) is 0 Å². The van der Waals surface area contributed by atoms with Crippen LogP contribution in [0.1, 0.15) is 0 Å². The third-order valence-electron chi connectivity index (χ3n) is 2.47. The fourth-order valence-corrected chi connectivity index (χ4v) is 2.06. The number of nitrogens with zero attached hydrogens (tertiary/aromatic N) is 2. The minimum Gasteiger partial charge on any atom is -0.393 e. The predicted molar refractivity (Wildman–Crippen MR) is 73.5 cm³/mol. The van der Waals surface area contributed by atoms with Gasteiger partial charge in [0, 0.05) is 32.4 Å². The Morgan fingerprint density at radius 3 is 2.53 bits per heavy atom. The molecule has 1 rings (SSSR count). The Balaban J connectivity index is 2.65. The maximum absolute atomic E-state index is 11.5. The molecule has 1 aromatic rings. The molecule has 0 saturated heterocycles. The lowest BCUT2D eigenvalue weighted by atomic mass is 10.2. The van der Waals surface area contributed by atoms with E-state index in [-0.39, 0.29) is 23.7 Å². The molecule has 0 unspecified atom stereocenters. The average Bonchev–Trinajstić information content (AvgIpc) is 2.28. The van der Waals surface area contributed by atoms with Crippen molar-refractivity contribution in [3.05, 3.63) is 28.3 Å². The van der Waals surface area contributed by atoms with Crippen molar-refractivity contribution in [3.8, 4) is 0 Å². The topological polar surface area (TPSA) is 119 Å². The molecule has 0 atom stereocenters. The highest BCUT2D eigenvalue weighted by atomic mass is 32.2. The number of sulfonamides is 1. The van der Waals surface area contributed by atoms with Crippen molar-refractivity contribution in [1.82, 2.24) is 4.31 Å². The molecule has 0 amide bonds. The number of nitrogens with one attached hydrogen (secondary N) is 1. The summed E-state index contributed by atoms with van der Waals surface area (Å²) in [5.74, 6) is -0.0725. The van der Waals surface area contributed by atoms with E-state index in [9.17, 15) is 18.5 Å². The maximum Gasteiger partial charge on any atom is 0.292 e. The van der Waals surface area contributed by atoms with Crippen molar-refractivity contribution in [2.45, 2.75) is 0 Å². The third-order valence-corrected chi connectivity index (χ3v) is 4.30. The molecule has 9 heteroatoms. The Morgan fingerprint density at radius 1 is 1.42 bits per heavy atom. The molecule has 0 fully saturated rings. The summed E-state index contributed by atoms with van der Waals surface area (Å²) in [4.78, 5) is 10.0. The summed E-state index contributed by atoms with van der Waals surface area (Å²) in [6.07, 6.45) is 0. The first-order valence-electron chi connectivity index (χ1n) is 5.42. The molecular weight excluding hydrogens is 272 g/mol. The van der Waals surface area contributed by atoms with E-state index >= 15 is 0 Å². The minimum atomic E-state index is -3.27. The summed E-state index contributed by atoms with van der Waals surface area (Å²) >= 11 is 0. The van der Waals surface area contributed by atoms with Crippen molar-refractivity contribution in [3.63, 3.8) is 0 Å². The molecule has 0 aliphatic rings. The number of rotatable bonds is 6. The number of hydrogen-bond donors (Lipinski definition) is 2. The van der Waals surface area contributed by atoms with Crippen LogP contribution >= 0.6 is 0 Å². The molecule has 19 heavy (non-hydrogen) atoms. The number of anilines is 2. The van der Waals surface area contributed by atoms with Gasteiger partial charge < -0.3 is 11.1 Å². The number of nitrogen functional groups attached to an aromatic ring is 1. The van der Waals surface area contributed by atoms with Gasteiger partial charge in [-0.15, -0.1) is 0 Å². The van der Waals surface area contributed by atoms with Crippen LogP contribution in [0.15, 0.2) is 18.2 Å². The van der Waals surface area contributed by atoms with Crippen LogP contribution in [0, 0.1) is 10.1 Å². The molecule has 106 valence electrons. The zero-order chi connectivity index (χ0) is 14.6. The second-order valence-electron chi connectivity index (χ2n) is 4.06. The zero-order valence-corrected chi connectivity index (χ0v) is 11.5. The predicted octanol–water partition coefficient (Wildman–Crippen LogP) is 0.480. The van der Waals surface area contributed by atoms with Crippen LogP contribution in [-0.2, 0) is 10.0 Å². The van der Waals surface area contributed by atoms with Crippen molar-refractivity contribution in [2.75, 3.05) is 37.4 Å². The van der Waals surface area contributed by atoms with E-state index < -0.39 is 14.9 Å². The SMILES string of the molecule is CN(C)S(=O)(=O)CCNc1ccc([N+](=O)[O-])c(N)c1. The van der Waals surface area contributed by atoms with Gasteiger partial charge in [-0.05, 0) is 12.1 Å². The number of hydrogen-bond acceptors (Lipinski definition) is 6. The minimum absolute atomic E-state index is 0.0328. The highest BCUT2D eigenvalue weighted by Gasteiger charge is 2.14. The van der Waals surface area contributed by atoms with Crippen LogP contribution in [0.2, 0.25) is 0 Å². The van der Waals surface area contributed by atoms with Crippen LogP contribution in [0.25, 0.3) is 0 Å². The summed E-state index contributed by atoms with van der Waals surface area (Å²) < 4.78 is 24.1. The highest BCUT2D eigenvalue weighted by Crippen LogP contribution is 2.24. The fraction of sp³-hybridized carbons (Fsp3) is 0.400. The van der Waals surface area contributed by atoms with Crippen LogP contribution in [0.5, 0.6) is 0 Å². The van der Waals surface area contributed by atoms with E-state index in [0.717, 1.165) is 4.31 Å². The molecule has 0 aliphatic carbocycles. The Bertz CT molecular complexity index is 571. The molecule has 0 aliphatic heterocycles. The van der Waals surface area contributed by atoms with Crippen molar-refractivity contribution >= 4 is 27.1 Å². The van der Waals surface area contributed by atoms with Crippen LogP contribution in [-0.4, -0.2) is 44.0 Å². The Labute approximate surface area is 111 Å². The van der Waals surface area contributed by atoms with Gasteiger partial charge in [0.25, 0.3) is 5.69 Å². The second kappa shape index (κ2) is 5.85. The lowest BCUT2D eigenvalue weighted by Gasteiger charge is -2.12. The fourth-order valence-electron chi connectivity index (χ4n) is 1.34. The van der Waals surface area contributed by atoms with Crippen molar-refractivity contribution < 1.29 is 13.3 Å². The molecule has 1 aromatic carbocycles. The monoisotopic (exact) mass is 288 g/mol. The van der Waals surface area contributed by atoms with Gasteiger partial charge in [-0.2, -0.15) is 0 Å². The quantitative estimate of drug-likeness (QED) is 0.446. The lowest BCUT2D eigenvalue weighted by molar-refractivity contribution is -0.383. The molecule has 0 saturated carbocycles. The average molecular weight is 288 g/mol. The Hall–Kier alpha value is -1.87. The molecule has 8 nitrogen and oxygen atoms in total. The zero-order valence-electron chi connectivity index (χ0n) is 10.7. The van der Waals surface area contributed by atoms with Crippen molar-refractivity contribution in [1.29, 1.82) is 0 Å². The first kappa shape index (κ1) is 15.2. The lowest BCUT2D eigenvalue weighted by Crippen LogP contribution is -2.28. The number of benzene rings is 1. The summed E-state index contributed by atoms with van der Waals surface area (Å²) in [5, 5.41) is 13.4. The van der Waals surface area contributed by atoms with Crippen LogP contribution in [0.4, 0.5) is 17.1 Å². The molecule has 0 heterocycles. The van der Waals surface area contributed by atoms with Crippen LogP contribution < -0.4 is 11.1 Å². The second-order valence-corrected chi connectivity index (χ2v) is 6.36. The van der Waals surface area contributed by atoms with Gasteiger partial charge in [-0.3, -0.25) is 10.1 Å². The van der Waals surface area contributed by atoms with E-state index in [1.165, 1.54) is 32.3 Å². The van der Waals surface area contributed by atoms with Gasteiger partial charge in [0.1, 0.15) is 5.69 Å². The van der Waals surface area contributed by atoms with Crippen LogP contribution in [0.3, 0.4) is 0 Å². The summed E-state index contributed by atoms with van der Waals surface area (Å²) in [7, 11) is -0.354. The normalized spacial score (nSPS) is 11.5. The molecule has 0 bridgehead atoms. The molecular formula is C10H16N4O4S. The van der Waals surface area contributed by atoms with E-state index in [1.807, 2.05) is 0 Å². The smallest absolute Gasteiger partial charge is 0.292 e. The standard InChI is InChI=1S/C10H16N4O4S/c1-13(2)19(17,18)6-5-12-8-3-4-10(14(15)16)9(11)7-8/h3-4,7,12H,5-6,11H2,1-2H3. The highest BCUT2D eigenvalue weighted by molar-refractivity contribution is 7.89. The first-order chi connectivity index (χ1) is 8.74. The van der Waals surface area contributed by atoms with Gasteiger partial charge in [-0.1, -0.05) is 0 Å². The summed E-state index contributed by atoms with van der Waals surface area (Å²) in [6, 6.07) is 4.16. The van der Waals surface area contributed by atoms with Gasteiger partial charge in [0.05, 0.1) is 10.7 Å². The maximum atomic E-state index is 11.5. The first-order valence-corrected chi connectivity index (χ1v) is 7.03. The largest absolute Gasteiger partial charge is 0.393 e. The Kier molecular flexibility index (Phi) is 4.67. The number of nitro benzene ring substituents is 1. The number of nitro groups is 1.